The number of hydrogen-bond donors (Lipinski definition) is 2. The molecule has 1 aromatic heterocycles. The highest BCUT2D eigenvalue weighted by Crippen LogP contribution is 2.15. The SMILES string of the molecule is O=c1cc(S)[nH]c2cc(Cl)ccc12. The minimum atomic E-state index is -0.0459. The number of H-pyrrole nitrogens is 1. The number of pyridine rings is 1. The van der Waals surface area contributed by atoms with Gasteiger partial charge in [-0.3, -0.25) is 4.79 Å². The van der Waals surface area contributed by atoms with Crippen molar-refractivity contribution >= 4 is 35.1 Å². The lowest BCUT2D eigenvalue weighted by molar-refractivity contribution is 1.19. The fourth-order valence-corrected chi connectivity index (χ4v) is 1.62. The molecule has 0 saturated heterocycles. The van der Waals surface area contributed by atoms with E-state index >= 15 is 0 Å². The third-order valence-corrected chi connectivity index (χ3v) is 2.25. The highest BCUT2D eigenvalue weighted by molar-refractivity contribution is 7.80. The number of benzene rings is 1. The molecule has 1 heterocycles. The molecule has 13 heavy (non-hydrogen) atoms. The molecule has 4 heteroatoms. The predicted molar refractivity (Wildman–Crippen MR) is 56.8 cm³/mol. The molecule has 0 amide bonds. The van der Waals surface area contributed by atoms with E-state index in [0.717, 1.165) is 0 Å². The summed E-state index contributed by atoms with van der Waals surface area (Å²) in [6.45, 7) is 0. The first-order valence-electron chi connectivity index (χ1n) is 3.68. The molecule has 0 bridgehead atoms. The molecule has 2 aromatic rings. The molecule has 2 nitrogen and oxygen atoms in total. The summed E-state index contributed by atoms with van der Waals surface area (Å²) in [5, 5.41) is 1.77. The molecule has 0 unspecified atom stereocenters. The number of rotatable bonds is 0. The number of fused-ring (bicyclic) bond motifs is 1. The molecule has 2 rings (SSSR count). The lowest BCUT2D eigenvalue weighted by atomic mass is 10.2. The van der Waals surface area contributed by atoms with Crippen LogP contribution in [0.3, 0.4) is 0 Å². The molecular formula is C9H6ClNOS. The molecule has 0 atom stereocenters. The summed E-state index contributed by atoms with van der Waals surface area (Å²) in [4.78, 5) is 14.3. The number of halogens is 1. The van der Waals surface area contributed by atoms with Crippen molar-refractivity contribution in [3.8, 4) is 0 Å². The van der Waals surface area contributed by atoms with E-state index in [-0.39, 0.29) is 5.43 Å². The van der Waals surface area contributed by atoms with E-state index in [1.165, 1.54) is 6.07 Å². The highest BCUT2D eigenvalue weighted by atomic mass is 35.5. The normalized spacial score (nSPS) is 10.6. The average molecular weight is 212 g/mol. The zero-order valence-electron chi connectivity index (χ0n) is 6.54. The minimum Gasteiger partial charge on any atom is -0.350 e. The van der Waals surface area contributed by atoms with Crippen LogP contribution in [0.25, 0.3) is 10.9 Å². The van der Waals surface area contributed by atoms with Gasteiger partial charge in [0.2, 0.25) is 0 Å². The first-order valence-corrected chi connectivity index (χ1v) is 4.51. The number of aromatic nitrogens is 1. The van der Waals surface area contributed by atoms with Crippen LogP contribution in [0.4, 0.5) is 0 Å². The molecule has 1 aromatic carbocycles. The molecule has 0 aliphatic carbocycles. The van der Waals surface area contributed by atoms with Crippen LogP contribution < -0.4 is 5.43 Å². The van der Waals surface area contributed by atoms with Crippen molar-refractivity contribution in [1.82, 2.24) is 4.98 Å². The third-order valence-electron chi connectivity index (χ3n) is 1.78. The summed E-state index contributed by atoms with van der Waals surface area (Å²) < 4.78 is 0. The molecule has 0 radical (unpaired) electrons. The third kappa shape index (κ3) is 1.57. The Morgan fingerprint density at radius 2 is 2.08 bits per heavy atom. The maximum absolute atomic E-state index is 11.4. The van der Waals surface area contributed by atoms with Gasteiger partial charge in [0.15, 0.2) is 5.43 Å². The van der Waals surface area contributed by atoms with E-state index in [1.54, 1.807) is 18.2 Å². The smallest absolute Gasteiger partial charge is 0.190 e. The van der Waals surface area contributed by atoms with Crippen LogP contribution in [0.1, 0.15) is 0 Å². The van der Waals surface area contributed by atoms with Crippen LogP contribution in [-0.4, -0.2) is 4.98 Å². The zero-order valence-corrected chi connectivity index (χ0v) is 8.19. The van der Waals surface area contributed by atoms with Crippen molar-refractivity contribution in [2.24, 2.45) is 0 Å². The van der Waals surface area contributed by atoms with Gasteiger partial charge < -0.3 is 4.98 Å². The monoisotopic (exact) mass is 211 g/mol. The Kier molecular flexibility index (Phi) is 2.06. The maximum Gasteiger partial charge on any atom is 0.190 e. The van der Waals surface area contributed by atoms with Crippen LogP contribution in [-0.2, 0) is 0 Å². The standard InChI is InChI=1S/C9H6ClNOS/c10-5-1-2-6-7(3-5)11-9(13)4-8(6)12/h1-4H,(H2,11,12,13). The van der Waals surface area contributed by atoms with Gasteiger partial charge in [0.05, 0.1) is 10.5 Å². The lowest BCUT2D eigenvalue weighted by Gasteiger charge is -1.98. The Bertz CT molecular complexity index is 515. The highest BCUT2D eigenvalue weighted by Gasteiger charge is 1.99. The van der Waals surface area contributed by atoms with Gasteiger partial charge >= 0.3 is 0 Å². The van der Waals surface area contributed by atoms with Crippen LogP contribution in [0, 0.1) is 0 Å². The summed E-state index contributed by atoms with van der Waals surface area (Å²) in [6, 6.07) is 6.54. The maximum atomic E-state index is 11.4. The van der Waals surface area contributed by atoms with Gasteiger partial charge in [-0.1, -0.05) is 11.6 Å². The molecule has 0 spiro atoms. The van der Waals surface area contributed by atoms with Crippen LogP contribution in [0.5, 0.6) is 0 Å². The predicted octanol–water partition coefficient (Wildman–Crippen LogP) is 2.47. The Balaban J connectivity index is 2.95. The minimum absolute atomic E-state index is 0.0459. The van der Waals surface area contributed by atoms with Crippen molar-refractivity contribution in [1.29, 1.82) is 0 Å². The van der Waals surface area contributed by atoms with E-state index < -0.39 is 0 Å². The van der Waals surface area contributed by atoms with E-state index in [0.29, 0.717) is 21.0 Å². The Labute approximate surface area is 85.0 Å². The fraction of sp³-hybridized carbons (Fsp3) is 0. The van der Waals surface area contributed by atoms with E-state index in [9.17, 15) is 4.79 Å². The lowest BCUT2D eigenvalue weighted by Crippen LogP contribution is -2.01. The summed E-state index contributed by atoms with van der Waals surface area (Å²) in [5.41, 5.74) is 0.667. The van der Waals surface area contributed by atoms with Crippen LogP contribution in [0.15, 0.2) is 34.1 Å². The molecule has 0 aliphatic rings. The van der Waals surface area contributed by atoms with E-state index in [1.807, 2.05) is 0 Å². The van der Waals surface area contributed by atoms with Crippen molar-refractivity contribution in [3.63, 3.8) is 0 Å². The fourth-order valence-electron chi connectivity index (χ4n) is 1.21. The van der Waals surface area contributed by atoms with Gasteiger partial charge in [-0.25, -0.2) is 0 Å². The average Bonchev–Trinajstić information content (AvgIpc) is 2.02. The van der Waals surface area contributed by atoms with Gasteiger partial charge in [-0.05, 0) is 18.2 Å². The number of hydrogen-bond acceptors (Lipinski definition) is 2. The van der Waals surface area contributed by atoms with E-state index in [2.05, 4.69) is 17.6 Å². The molecule has 1 N–H and O–H groups in total. The van der Waals surface area contributed by atoms with E-state index in [4.69, 9.17) is 11.6 Å². The van der Waals surface area contributed by atoms with Crippen molar-refractivity contribution < 1.29 is 0 Å². The zero-order chi connectivity index (χ0) is 9.42. The van der Waals surface area contributed by atoms with Gasteiger partial charge in [0, 0.05) is 16.5 Å². The second-order valence-corrected chi connectivity index (χ2v) is 3.63. The summed E-state index contributed by atoms with van der Waals surface area (Å²) in [6.07, 6.45) is 0. The molecule has 0 saturated carbocycles. The van der Waals surface area contributed by atoms with Crippen molar-refractivity contribution in [3.05, 3.63) is 39.5 Å². The van der Waals surface area contributed by atoms with Gasteiger partial charge in [-0.15, -0.1) is 12.6 Å². The molecule has 0 fully saturated rings. The Morgan fingerprint density at radius 1 is 1.31 bits per heavy atom. The van der Waals surface area contributed by atoms with Crippen LogP contribution in [0.2, 0.25) is 5.02 Å². The summed E-state index contributed by atoms with van der Waals surface area (Å²) >= 11 is 9.84. The number of thiol groups is 1. The summed E-state index contributed by atoms with van der Waals surface area (Å²) in [7, 11) is 0. The second kappa shape index (κ2) is 3.09. The van der Waals surface area contributed by atoms with Gasteiger partial charge in [0.1, 0.15) is 0 Å². The number of nitrogens with one attached hydrogen (secondary N) is 1. The van der Waals surface area contributed by atoms with Crippen molar-refractivity contribution in [2.75, 3.05) is 0 Å². The second-order valence-electron chi connectivity index (χ2n) is 2.71. The Morgan fingerprint density at radius 3 is 2.85 bits per heavy atom. The molecule has 66 valence electrons. The first-order chi connectivity index (χ1) is 6.16. The van der Waals surface area contributed by atoms with Gasteiger partial charge in [0.25, 0.3) is 0 Å². The first kappa shape index (κ1) is 8.66. The quantitative estimate of drug-likeness (QED) is 0.645. The molecule has 0 aliphatic heterocycles. The molecular weight excluding hydrogens is 206 g/mol. The topological polar surface area (TPSA) is 32.9 Å². The van der Waals surface area contributed by atoms with Crippen molar-refractivity contribution in [2.45, 2.75) is 5.03 Å². The Hall–Kier alpha value is -0.930. The summed E-state index contributed by atoms with van der Waals surface area (Å²) in [5.74, 6) is 0. The van der Waals surface area contributed by atoms with Crippen LogP contribution >= 0.6 is 24.2 Å². The largest absolute Gasteiger partial charge is 0.350 e. The van der Waals surface area contributed by atoms with Gasteiger partial charge in [-0.2, -0.15) is 0 Å². The number of aromatic amines is 1.